The van der Waals surface area contributed by atoms with Crippen LogP contribution < -0.4 is 10.0 Å². The van der Waals surface area contributed by atoms with Crippen LogP contribution in [0.2, 0.25) is 0 Å². The van der Waals surface area contributed by atoms with E-state index in [0.29, 0.717) is 19.7 Å². The van der Waals surface area contributed by atoms with Gasteiger partial charge in [-0.05, 0) is 11.5 Å². The summed E-state index contributed by atoms with van der Waals surface area (Å²) in [5.41, 5.74) is 1.04. The third kappa shape index (κ3) is 7.00. The number of sulfonamides is 1. The van der Waals surface area contributed by atoms with Gasteiger partial charge in [0.15, 0.2) is 0 Å². The van der Waals surface area contributed by atoms with E-state index >= 15 is 0 Å². The Labute approximate surface area is 121 Å². The van der Waals surface area contributed by atoms with Crippen LogP contribution >= 0.6 is 0 Å². The van der Waals surface area contributed by atoms with Gasteiger partial charge in [0, 0.05) is 26.7 Å². The first-order chi connectivity index (χ1) is 9.55. The van der Waals surface area contributed by atoms with Crippen molar-refractivity contribution in [1.82, 2.24) is 10.0 Å². The van der Waals surface area contributed by atoms with Crippen molar-refractivity contribution in [2.24, 2.45) is 0 Å². The number of hydrogen-bond acceptors (Lipinski definition) is 4. The van der Waals surface area contributed by atoms with Crippen molar-refractivity contribution in [1.29, 1.82) is 0 Å². The van der Waals surface area contributed by atoms with Gasteiger partial charge in [-0.3, -0.25) is 0 Å². The third-order valence-electron chi connectivity index (χ3n) is 2.94. The van der Waals surface area contributed by atoms with E-state index in [0.717, 1.165) is 12.1 Å². The van der Waals surface area contributed by atoms with E-state index in [1.807, 2.05) is 37.3 Å². The summed E-state index contributed by atoms with van der Waals surface area (Å²) in [5, 5.41) is 3.09. The Morgan fingerprint density at radius 2 is 1.85 bits per heavy atom. The molecule has 0 aromatic heterocycles. The second-order valence-corrected chi connectivity index (χ2v) is 6.58. The van der Waals surface area contributed by atoms with Crippen LogP contribution in [0.5, 0.6) is 0 Å². The summed E-state index contributed by atoms with van der Waals surface area (Å²) in [6.45, 7) is 4.26. The SMILES string of the molecule is COCCNCCNS(=O)(=O)CC(C)c1ccccc1. The zero-order chi connectivity index (χ0) is 14.8. The highest BCUT2D eigenvalue weighted by atomic mass is 32.2. The smallest absolute Gasteiger partial charge is 0.212 e. The fraction of sp³-hybridized carbons (Fsp3) is 0.571. The predicted octanol–water partition coefficient (Wildman–Crippen LogP) is 0.946. The quantitative estimate of drug-likeness (QED) is 0.631. The van der Waals surface area contributed by atoms with Crippen LogP contribution in [0.15, 0.2) is 30.3 Å². The van der Waals surface area contributed by atoms with Gasteiger partial charge in [-0.15, -0.1) is 0 Å². The molecule has 6 heteroatoms. The molecule has 0 saturated heterocycles. The third-order valence-corrected chi connectivity index (χ3v) is 4.53. The molecule has 5 nitrogen and oxygen atoms in total. The minimum absolute atomic E-state index is 0.0184. The molecule has 1 aromatic carbocycles. The lowest BCUT2D eigenvalue weighted by molar-refractivity contribution is 0.199. The Hall–Kier alpha value is -0.950. The first-order valence-electron chi connectivity index (χ1n) is 6.77. The van der Waals surface area contributed by atoms with Crippen molar-refractivity contribution in [2.45, 2.75) is 12.8 Å². The molecule has 1 atom stereocenters. The summed E-state index contributed by atoms with van der Waals surface area (Å²) in [4.78, 5) is 0. The lowest BCUT2D eigenvalue weighted by Crippen LogP contribution is -2.35. The van der Waals surface area contributed by atoms with Crippen molar-refractivity contribution in [3.63, 3.8) is 0 Å². The van der Waals surface area contributed by atoms with Gasteiger partial charge in [0.25, 0.3) is 0 Å². The van der Waals surface area contributed by atoms with Crippen LogP contribution in [-0.4, -0.2) is 47.5 Å². The zero-order valence-corrected chi connectivity index (χ0v) is 12.9. The minimum Gasteiger partial charge on any atom is -0.383 e. The molecule has 0 amide bonds. The number of hydrogen-bond donors (Lipinski definition) is 2. The summed E-state index contributed by atoms with van der Waals surface area (Å²) in [5.74, 6) is 0.0879. The Kier molecular flexibility index (Phi) is 7.76. The fourth-order valence-electron chi connectivity index (χ4n) is 1.86. The monoisotopic (exact) mass is 300 g/mol. The molecular formula is C14H24N2O3S. The van der Waals surface area contributed by atoms with Crippen LogP contribution in [0.3, 0.4) is 0 Å². The molecule has 0 aliphatic rings. The van der Waals surface area contributed by atoms with E-state index in [9.17, 15) is 8.42 Å². The molecule has 114 valence electrons. The van der Waals surface area contributed by atoms with E-state index in [1.165, 1.54) is 0 Å². The maximum absolute atomic E-state index is 11.9. The van der Waals surface area contributed by atoms with Gasteiger partial charge in [0.05, 0.1) is 12.4 Å². The zero-order valence-electron chi connectivity index (χ0n) is 12.1. The number of methoxy groups -OCH3 is 1. The van der Waals surface area contributed by atoms with Crippen LogP contribution in [-0.2, 0) is 14.8 Å². The molecule has 0 spiro atoms. The van der Waals surface area contributed by atoms with Crippen molar-refractivity contribution >= 4 is 10.0 Å². The average Bonchev–Trinajstić information content (AvgIpc) is 2.43. The van der Waals surface area contributed by atoms with Gasteiger partial charge in [-0.25, -0.2) is 13.1 Å². The average molecular weight is 300 g/mol. The standard InChI is InChI=1S/C14H24N2O3S/c1-13(14-6-4-3-5-7-14)12-20(17,18)16-9-8-15-10-11-19-2/h3-7,13,15-16H,8-12H2,1-2H3. The maximum Gasteiger partial charge on any atom is 0.212 e. The normalized spacial score (nSPS) is 13.3. The molecule has 1 aromatic rings. The number of benzene rings is 1. The second-order valence-electron chi connectivity index (χ2n) is 4.73. The molecule has 0 bridgehead atoms. The van der Waals surface area contributed by atoms with Gasteiger partial charge < -0.3 is 10.1 Å². The van der Waals surface area contributed by atoms with Gasteiger partial charge >= 0.3 is 0 Å². The lowest BCUT2D eigenvalue weighted by atomic mass is 10.0. The summed E-state index contributed by atoms with van der Waals surface area (Å²) in [6.07, 6.45) is 0. The van der Waals surface area contributed by atoms with E-state index < -0.39 is 10.0 Å². The highest BCUT2D eigenvalue weighted by Gasteiger charge is 2.16. The van der Waals surface area contributed by atoms with Gasteiger partial charge in [-0.1, -0.05) is 37.3 Å². The van der Waals surface area contributed by atoms with Crippen LogP contribution in [0.25, 0.3) is 0 Å². The highest BCUT2D eigenvalue weighted by molar-refractivity contribution is 7.89. The molecule has 2 N–H and O–H groups in total. The molecule has 0 aliphatic carbocycles. The van der Waals surface area contributed by atoms with E-state index in [-0.39, 0.29) is 11.7 Å². The van der Waals surface area contributed by atoms with Crippen molar-refractivity contribution in [3.8, 4) is 0 Å². The molecular weight excluding hydrogens is 276 g/mol. The Bertz CT molecular complexity index is 463. The maximum atomic E-state index is 11.9. The Morgan fingerprint density at radius 3 is 2.50 bits per heavy atom. The molecule has 0 fully saturated rings. The molecule has 20 heavy (non-hydrogen) atoms. The largest absolute Gasteiger partial charge is 0.383 e. The van der Waals surface area contributed by atoms with Gasteiger partial charge in [-0.2, -0.15) is 0 Å². The van der Waals surface area contributed by atoms with Crippen LogP contribution in [0.4, 0.5) is 0 Å². The molecule has 0 heterocycles. The number of rotatable bonds is 10. The van der Waals surface area contributed by atoms with Gasteiger partial charge in [0.2, 0.25) is 10.0 Å². The molecule has 0 radical (unpaired) electrons. The fourth-order valence-corrected chi connectivity index (χ4v) is 3.24. The van der Waals surface area contributed by atoms with Crippen molar-refractivity contribution in [3.05, 3.63) is 35.9 Å². The molecule has 0 saturated carbocycles. The summed E-state index contributed by atoms with van der Waals surface area (Å²) >= 11 is 0. The summed E-state index contributed by atoms with van der Waals surface area (Å²) in [6, 6.07) is 9.67. The van der Waals surface area contributed by atoms with E-state index in [2.05, 4.69) is 10.0 Å². The first-order valence-corrected chi connectivity index (χ1v) is 8.42. The molecule has 1 rings (SSSR count). The second kappa shape index (κ2) is 9.07. The summed E-state index contributed by atoms with van der Waals surface area (Å²) in [7, 11) is -1.61. The predicted molar refractivity (Wildman–Crippen MR) is 81.4 cm³/mol. The van der Waals surface area contributed by atoms with Gasteiger partial charge in [0.1, 0.15) is 0 Å². The molecule has 0 aliphatic heterocycles. The van der Waals surface area contributed by atoms with Crippen LogP contribution in [0.1, 0.15) is 18.4 Å². The Morgan fingerprint density at radius 1 is 1.15 bits per heavy atom. The number of nitrogens with one attached hydrogen (secondary N) is 2. The van der Waals surface area contributed by atoms with Crippen LogP contribution in [0, 0.1) is 0 Å². The van der Waals surface area contributed by atoms with Crippen molar-refractivity contribution < 1.29 is 13.2 Å². The first kappa shape index (κ1) is 17.1. The van der Waals surface area contributed by atoms with Crippen molar-refractivity contribution in [2.75, 3.05) is 39.1 Å². The Balaban J connectivity index is 2.31. The topological polar surface area (TPSA) is 67.4 Å². The molecule has 1 unspecified atom stereocenters. The van der Waals surface area contributed by atoms with E-state index in [4.69, 9.17) is 4.74 Å². The number of ether oxygens (including phenoxy) is 1. The minimum atomic E-state index is -3.24. The lowest BCUT2D eigenvalue weighted by Gasteiger charge is -2.13. The van der Waals surface area contributed by atoms with E-state index in [1.54, 1.807) is 7.11 Å². The highest BCUT2D eigenvalue weighted by Crippen LogP contribution is 2.15. The summed E-state index contributed by atoms with van der Waals surface area (Å²) < 4.78 is 31.4.